The Labute approximate surface area is 123 Å². The molecule has 1 aliphatic carbocycles. The topological polar surface area (TPSA) is 99.4 Å². The van der Waals surface area contributed by atoms with Crippen molar-refractivity contribution in [3.8, 4) is 5.88 Å². The molecular formula is C13H20N4O4. The molecule has 0 spiro atoms. The van der Waals surface area contributed by atoms with Crippen molar-refractivity contribution in [2.24, 2.45) is 0 Å². The molecule has 0 saturated heterocycles. The Morgan fingerprint density at radius 1 is 1.48 bits per heavy atom. The molecule has 21 heavy (non-hydrogen) atoms. The molecule has 1 aromatic rings. The highest BCUT2D eigenvalue weighted by atomic mass is 16.6. The summed E-state index contributed by atoms with van der Waals surface area (Å²) in [5, 5.41) is 14.0. The standard InChI is InChI=1S/C13H20N4O4/c1-3-14-13-15-8-11(17(18)19)12(16-13)21-10-6-4-5-9(7-10)20-2/h8-10H,3-7H2,1-2H3,(H,14,15,16). The number of nitrogens with zero attached hydrogens (tertiary/aromatic N) is 3. The first-order chi connectivity index (χ1) is 10.1. The van der Waals surface area contributed by atoms with Crippen LogP contribution in [-0.2, 0) is 4.74 Å². The van der Waals surface area contributed by atoms with Gasteiger partial charge < -0.3 is 14.8 Å². The maximum atomic E-state index is 11.1. The Balaban J connectivity index is 2.16. The molecule has 2 atom stereocenters. The van der Waals surface area contributed by atoms with Gasteiger partial charge in [-0.25, -0.2) is 4.98 Å². The van der Waals surface area contributed by atoms with E-state index in [1.165, 1.54) is 6.20 Å². The van der Waals surface area contributed by atoms with Crippen molar-refractivity contribution in [1.29, 1.82) is 0 Å². The number of nitrogens with one attached hydrogen (secondary N) is 1. The average Bonchev–Trinajstić information content (AvgIpc) is 2.48. The van der Waals surface area contributed by atoms with Crippen LogP contribution in [0.3, 0.4) is 0 Å². The maximum Gasteiger partial charge on any atom is 0.349 e. The number of anilines is 1. The van der Waals surface area contributed by atoms with E-state index in [0.717, 1.165) is 19.3 Å². The summed E-state index contributed by atoms with van der Waals surface area (Å²) in [5.74, 6) is 0.352. The Kier molecular flexibility index (Phi) is 5.26. The van der Waals surface area contributed by atoms with Gasteiger partial charge in [-0.15, -0.1) is 0 Å². The summed E-state index contributed by atoms with van der Waals surface area (Å²) in [6.07, 6.45) is 4.72. The van der Waals surface area contributed by atoms with Gasteiger partial charge in [0.1, 0.15) is 12.3 Å². The molecule has 0 aromatic carbocycles. The third-order valence-corrected chi connectivity index (χ3v) is 3.46. The first-order valence-electron chi connectivity index (χ1n) is 7.08. The summed E-state index contributed by atoms with van der Waals surface area (Å²) < 4.78 is 11.1. The van der Waals surface area contributed by atoms with Crippen molar-refractivity contribution in [2.45, 2.75) is 44.8 Å². The molecule has 1 fully saturated rings. The zero-order valence-electron chi connectivity index (χ0n) is 12.2. The molecule has 8 heteroatoms. The highest BCUT2D eigenvalue weighted by Gasteiger charge is 2.27. The highest BCUT2D eigenvalue weighted by Crippen LogP contribution is 2.30. The van der Waals surface area contributed by atoms with Gasteiger partial charge in [0.2, 0.25) is 5.95 Å². The molecule has 0 bridgehead atoms. The van der Waals surface area contributed by atoms with Gasteiger partial charge in [-0.3, -0.25) is 10.1 Å². The van der Waals surface area contributed by atoms with Crippen molar-refractivity contribution in [1.82, 2.24) is 9.97 Å². The zero-order valence-corrected chi connectivity index (χ0v) is 12.2. The predicted octanol–water partition coefficient (Wildman–Crippen LogP) is 2.15. The number of rotatable bonds is 6. The van der Waals surface area contributed by atoms with Crippen molar-refractivity contribution in [2.75, 3.05) is 19.0 Å². The van der Waals surface area contributed by atoms with Gasteiger partial charge in [0.05, 0.1) is 11.0 Å². The van der Waals surface area contributed by atoms with Crippen molar-refractivity contribution in [3.05, 3.63) is 16.3 Å². The molecule has 0 amide bonds. The van der Waals surface area contributed by atoms with Gasteiger partial charge in [0.25, 0.3) is 5.88 Å². The molecule has 1 saturated carbocycles. The van der Waals surface area contributed by atoms with Crippen LogP contribution in [0.2, 0.25) is 0 Å². The Morgan fingerprint density at radius 2 is 2.24 bits per heavy atom. The second-order valence-electron chi connectivity index (χ2n) is 4.94. The average molecular weight is 296 g/mol. The number of ether oxygens (including phenoxy) is 2. The molecule has 2 unspecified atom stereocenters. The van der Waals surface area contributed by atoms with Crippen molar-refractivity contribution < 1.29 is 14.4 Å². The van der Waals surface area contributed by atoms with E-state index in [1.807, 2.05) is 6.92 Å². The van der Waals surface area contributed by atoms with E-state index in [-0.39, 0.29) is 23.8 Å². The minimum absolute atomic E-state index is 0.0210. The highest BCUT2D eigenvalue weighted by molar-refractivity contribution is 5.43. The SMILES string of the molecule is CCNc1ncc([N+](=O)[O-])c(OC2CCCC(OC)C2)n1. The van der Waals surface area contributed by atoms with Crippen LogP contribution in [0.1, 0.15) is 32.6 Å². The first-order valence-corrected chi connectivity index (χ1v) is 7.08. The number of hydrogen-bond acceptors (Lipinski definition) is 7. The molecule has 0 radical (unpaired) electrons. The molecule has 8 nitrogen and oxygen atoms in total. The lowest BCUT2D eigenvalue weighted by atomic mass is 9.95. The third kappa shape index (κ3) is 4.01. The molecule has 1 heterocycles. The summed E-state index contributed by atoms with van der Waals surface area (Å²) in [6.45, 7) is 2.53. The first kappa shape index (κ1) is 15.4. The van der Waals surface area contributed by atoms with Crippen molar-refractivity contribution in [3.63, 3.8) is 0 Å². The van der Waals surface area contributed by atoms with Crippen LogP contribution in [0.15, 0.2) is 6.20 Å². The van der Waals surface area contributed by atoms with Crippen LogP contribution in [0.25, 0.3) is 0 Å². The summed E-state index contributed by atoms with van der Waals surface area (Å²) in [5.41, 5.74) is -0.212. The summed E-state index contributed by atoms with van der Waals surface area (Å²) >= 11 is 0. The van der Waals surface area contributed by atoms with Crippen LogP contribution in [0.4, 0.5) is 11.6 Å². The summed E-state index contributed by atoms with van der Waals surface area (Å²) in [6, 6.07) is 0. The molecule has 1 aliphatic rings. The fourth-order valence-corrected chi connectivity index (χ4v) is 2.40. The largest absolute Gasteiger partial charge is 0.469 e. The minimum Gasteiger partial charge on any atom is -0.469 e. The van der Waals surface area contributed by atoms with Gasteiger partial charge in [0, 0.05) is 20.1 Å². The zero-order chi connectivity index (χ0) is 15.2. The van der Waals surface area contributed by atoms with E-state index in [9.17, 15) is 10.1 Å². The third-order valence-electron chi connectivity index (χ3n) is 3.46. The van der Waals surface area contributed by atoms with Gasteiger partial charge >= 0.3 is 5.69 Å². The van der Waals surface area contributed by atoms with Crippen LogP contribution < -0.4 is 10.1 Å². The van der Waals surface area contributed by atoms with Crippen LogP contribution >= 0.6 is 0 Å². The van der Waals surface area contributed by atoms with E-state index >= 15 is 0 Å². The smallest absolute Gasteiger partial charge is 0.349 e. The van der Waals surface area contributed by atoms with Crippen molar-refractivity contribution >= 4 is 11.6 Å². The van der Waals surface area contributed by atoms with Gasteiger partial charge in [-0.1, -0.05) is 0 Å². The number of aromatic nitrogens is 2. The lowest BCUT2D eigenvalue weighted by Crippen LogP contribution is -2.30. The Hall–Kier alpha value is -1.96. The van der Waals surface area contributed by atoms with Gasteiger partial charge in [-0.05, 0) is 26.2 Å². The lowest BCUT2D eigenvalue weighted by Gasteiger charge is -2.28. The second kappa shape index (κ2) is 7.16. The fraction of sp³-hybridized carbons (Fsp3) is 0.692. The quantitative estimate of drug-likeness (QED) is 0.634. The monoisotopic (exact) mass is 296 g/mol. The predicted molar refractivity (Wildman–Crippen MR) is 76.5 cm³/mol. The lowest BCUT2D eigenvalue weighted by molar-refractivity contribution is -0.386. The van der Waals surface area contributed by atoms with E-state index in [1.54, 1.807) is 7.11 Å². The number of methoxy groups -OCH3 is 1. The van der Waals surface area contributed by atoms with E-state index in [0.29, 0.717) is 18.9 Å². The fourth-order valence-electron chi connectivity index (χ4n) is 2.40. The van der Waals surface area contributed by atoms with E-state index in [4.69, 9.17) is 9.47 Å². The van der Waals surface area contributed by atoms with Crippen LogP contribution in [0, 0.1) is 10.1 Å². The number of nitro groups is 1. The minimum atomic E-state index is -0.526. The Morgan fingerprint density at radius 3 is 2.90 bits per heavy atom. The molecule has 0 aliphatic heterocycles. The van der Waals surface area contributed by atoms with E-state index < -0.39 is 4.92 Å². The summed E-state index contributed by atoms with van der Waals surface area (Å²) in [7, 11) is 1.67. The maximum absolute atomic E-state index is 11.1. The molecular weight excluding hydrogens is 276 g/mol. The second-order valence-corrected chi connectivity index (χ2v) is 4.94. The molecule has 116 valence electrons. The van der Waals surface area contributed by atoms with Gasteiger partial charge in [0.15, 0.2) is 0 Å². The number of hydrogen-bond donors (Lipinski definition) is 1. The normalized spacial score (nSPS) is 21.8. The van der Waals surface area contributed by atoms with Crippen LogP contribution in [0.5, 0.6) is 5.88 Å². The molecule has 1 N–H and O–H groups in total. The Bertz CT molecular complexity index is 497. The van der Waals surface area contributed by atoms with E-state index in [2.05, 4.69) is 15.3 Å². The van der Waals surface area contributed by atoms with Gasteiger partial charge in [-0.2, -0.15) is 4.98 Å². The molecule has 1 aromatic heterocycles. The summed E-state index contributed by atoms with van der Waals surface area (Å²) in [4.78, 5) is 18.5. The van der Waals surface area contributed by atoms with Crippen LogP contribution in [-0.4, -0.2) is 40.8 Å². The molecule has 2 rings (SSSR count).